The molecule has 0 saturated heterocycles. The Morgan fingerprint density at radius 3 is 2.32 bits per heavy atom. The highest BCUT2D eigenvalue weighted by Gasteiger charge is 2.08. The second kappa shape index (κ2) is 8.94. The van der Waals surface area contributed by atoms with Crippen molar-refractivity contribution < 1.29 is 19.1 Å². The van der Waals surface area contributed by atoms with Gasteiger partial charge in [-0.3, -0.25) is 10.2 Å². The molecule has 132 valence electrons. The zero-order valence-corrected chi connectivity index (χ0v) is 14.7. The second-order valence-corrected chi connectivity index (χ2v) is 5.77. The molecule has 2 N–H and O–H groups in total. The lowest BCUT2D eigenvalue weighted by molar-refractivity contribution is -0.124. The average Bonchev–Trinajstić information content (AvgIpc) is 2.61. The van der Waals surface area contributed by atoms with Gasteiger partial charge in [0.25, 0.3) is 5.91 Å². The van der Waals surface area contributed by atoms with Gasteiger partial charge in [-0.25, -0.2) is 10.2 Å². The summed E-state index contributed by atoms with van der Waals surface area (Å²) in [5, 5.41) is 0.666. The van der Waals surface area contributed by atoms with Gasteiger partial charge in [0.15, 0.2) is 6.61 Å². The van der Waals surface area contributed by atoms with Crippen LogP contribution in [0.5, 0.6) is 5.75 Å². The number of hydrazine groups is 1. The fourth-order valence-corrected chi connectivity index (χ4v) is 2.16. The number of halogens is 1. The standard InChI is InChI=1S/C18H19ClN2O4/c1-12-8-15(9-13(2)17(12)19)24-11-16(22)20-21-18(23)25-10-14-6-4-3-5-7-14/h3-9H,10-11H2,1-2H3,(H,20,22)(H,21,23). The average molecular weight is 363 g/mol. The third-order valence-electron chi connectivity index (χ3n) is 3.30. The quantitative estimate of drug-likeness (QED) is 0.800. The van der Waals surface area contributed by atoms with E-state index in [-0.39, 0.29) is 13.2 Å². The Hall–Kier alpha value is -2.73. The number of aryl methyl sites for hydroxylation is 2. The Morgan fingerprint density at radius 2 is 1.68 bits per heavy atom. The first-order chi connectivity index (χ1) is 12.0. The van der Waals surface area contributed by atoms with Crippen LogP contribution in [0.4, 0.5) is 4.79 Å². The minimum absolute atomic E-state index is 0.113. The van der Waals surface area contributed by atoms with E-state index >= 15 is 0 Å². The van der Waals surface area contributed by atoms with Crippen molar-refractivity contribution in [3.8, 4) is 5.75 Å². The van der Waals surface area contributed by atoms with Gasteiger partial charge in [0.2, 0.25) is 0 Å². The molecule has 25 heavy (non-hydrogen) atoms. The molecule has 0 radical (unpaired) electrons. The summed E-state index contributed by atoms with van der Waals surface area (Å²) < 4.78 is 10.3. The number of benzene rings is 2. The molecule has 0 aliphatic rings. The summed E-state index contributed by atoms with van der Waals surface area (Å²) in [7, 11) is 0. The number of nitrogens with one attached hydrogen (secondary N) is 2. The lowest BCUT2D eigenvalue weighted by Crippen LogP contribution is -2.44. The van der Waals surface area contributed by atoms with Crippen LogP contribution in [0.3, 0.4) is 0 Å². The maximum atomic E-state index is 11.7. The Morgan fingerprint density at radius 1 is 1.04 bits per heavy atom. The largest absolute Gasteiger partial charge is 0.484 e. The van der Waals surface area contributed by atoms with Crippen molar-refractivity contribution in [2.24, 2.45) is 0 Å². The summed E-state index contributed by atoms with van der Waals surface area (Å²) in [5.74, 6) is 0.0168. The first kappa shape index (κ1) is 18.6. The summed E-state index contributed by atoms with van der Waals surface area (Å²) in [6.45, 7) is 3.57. The van der Waals surface area contributed by atoms with Crippen molar-refractivity contribution in [3.05, 3.63) is 64.2 Å². The van der Waals surface area contributed by atoms with Crippen LogP contribution in [0.25, 0.3) is 0 Å². The van der Waals surface area contributed by atoms with Gasteiger partial charge in [0.05, 0.1) is 0 Å². The van der Waals surface area contributed by atoms with Crippen LogP contribution in [-0.4, -0.2) is 18.6 Å². The molecule has 0 aromatic heterocycles. The zero-order chi connectivity index (χ0) is 18.2. The van der Waals surface area contributed by atoms with E-state index in [4.69, 9.17) is 21.1 Å². The molecule has 2 amide bonds. The molecule has 0 aliphatic carbocycles. The first-order valence-electron chi connectivity index (χ1n) is 7.61. The molecule has 2 aromatic carbocycles. The third kappa shape index (κ3) is 6.00. The van der Waals surface area contributed by atoms with E-state index in [1.165, 1.54) is 0 Å². The van der Waals surface area contributed by atoms with E-state index < -0.39 is 12.0 Å². The number of hydrogen-bond donors (Lipinski definition) is 2. The van der Waals surface area contributed by atoms with Crippen LogP contribution in [0.1, 0.15) is 16.7 Å². The van der Waals surface area contributed by atoms with Crippen molar-refractivity contribution in [1.29, 1.82) is 0 Å². The molecule has 2 aromatic rings. The fraction of sp³-hybridized carbons (Fsp3) is 0.222. The van der Waals surface area contributed by atoms with Crippen LogP contribution in [0.15, 0.2) is 42.5 Å². The van der Waals surface area contributed by atoms with Crippen LogP contribution in [0.2, 0.25) is 5.02 Å². The highest BCUT2D eigenvalue weighted by Crippen LogP contribution is 2.25. The highest BCUT2D eigenvalue weighted by molar-refractivity contribution is 6.32. The predicted octanol–water partition coefficient (Wildman–Crippen LogP) is 3.29. The van der Waals surface area contributed by atoms with Crippen molar-refractivity contribution >= 4 is 23.6 Å². The second-order valence-electron chi connectivity index (χ2n) is 5.39. The minimum atomic E-state index is -0.754. The van der Waals surface area contributed by atoms with E-state index in [2.05, 4.69) is 10.9 Å². The smallest absolute Gasteiger partial charge is 0.426 e. The van der Waals surface area contributed by atoms with Crippen LogP contribution >= 0.6 is 11.6 Å². The van der Waals surface area contributed by atoms with Crippen molar-refractivity contribution in [2.75, 3.05) is 6.61 Å². The topological polar surface area (TPSA) is 76.7 Å². The number of carbonyl (C=O) groups is 2. The Kier molecular flexibility index (Phi) is 6.65. The minimum Gasteiger partial charge on any atom is -0.484 e. The van der Waals surface area contributed by atoms with E-state index in [0.29, 0.717) is 10.8 Å². The fourth-order valence-electron chi connectivity index (χ4n) is 2.05. The van der Waals surface area contributed by atoms with Crippen molar-refractivity contribution in [2.45, 2.75) is 20.5 Å². The molecule has 0 aliphatic heterocycles. The van der Waals surface area contributed by atoms with Gasteiger partial charge in [0, 0.05) is 5.02 Å². The molecular formula is C18H19ClN2O4. The van der Waals surface area contributed by atoms with Crippen LogP contribution < -0.4 is 15.6 Å². The van der Waals surface area contributed by atoms with Gasteiger partial charge in [0.1, 0.15) is 12.4 Å². The predicted molar refractivity (Wildman–Crippen MR) is 94.3 cm³/mol. The molecule has 0 spiro atoms. The maximum absolute atomic E-state index is 11.7. The van der Waals surface area contributed by atoms with E-state index in [9.17, 15) is 9.59 Å². The number of carbonyl (C=O) groups excluding carboxylic acids is 2. The lowest BCUT2D eigenvalue weighted by atomic mass is 10.1. The summed E-state index contributed by atoms with van der Waals surface area (Å²) in [6.07, 6.45) is -0.754. The molecule has 0 unspecified atom stereocenters. The summed E-state index contributed by atoms with van der Waals surface area (Å²) >= 11 is 6.07. The maximum Gasteiger partial charge on any atom is 0.426 e. The van der Waals surface area contributed by atoms with E-state index in [1.54, 1.807) is 12.1 Å². The zero-order valence-electron chi connectivity index (χ0n) is 14.0. The molecular weight excluding hydrogens is 344 g/mol. The highest BCUT2D eigenvalue weighted by atomic mass is 35.5. The number of hydrogen-bond acceptors (Lipinski definition) is 4. The summed E-state index contributed by atoms with van der Waals surface area (Å²) in [5.41, 5.74) is 6.94. The molecule has 0 saturated carbocycles. The number of amides is 2. The molecule has 0 bridgehead atoms. The molecule has 6 nitrogen and oxygen atoms in total. The van der Waals surface area contributed by atoms with Crippen LogP contribution in [-0.2, 0) is 16.1 Å². The van der Waals surface area contributed by atoms with Gasteiger partial charge in [-0.2, -0.15) is 0 Å². The Labute approximate surface area is 151 Å². The van der Waals surface area contributed by atoms with Gasteiger partial charge in [-0.15, -0.1) is 0 Å². The molecule has 2 rings (SSSR count). The molecule has 0 atom stereocenters. The van der Waals surface area contributed by atoms with Crippen molar-refractivity contribution in [1.82, 2.24) is 10.9 Å². The summed E-state index contributed by atoms with van der Waals surface area (Å²) in [4.78, 5) is 23.2. The Bertz CT molecular complexity index is 727. The van der Waals surface area contributed by atoms with Gasteiger partial charge in [-0.1, -0.05) is 41.9 Å². The number of rotatable bonds is 5. The first-order valence-corrected chi connectivity index (χ1v) is 7.98. The van der Waals surface area contributed by atoms with Gasteiger partial charge in [-0.05, 0) is 42.7 Å². The van der Waals surface area contributed by atoms with Crippen molar-refractivity contribution in [3.63, 3.8) is 0 Å². The third-order valence-corrected chi connectivity index (χ3v) is 3.89. The number of ether oxygens (including phenoxy) is 2. The van der Waals surface area contributed by atoms with Crippen LogP contribution in [0, 0.1) is 13.8 Å². The molecule has 7 heteroatoms. The SMILES string of the molecule is Cc1cc(OCC(=O)NNC(=O)OCc2ccccc2)cc(C)c1Cl. The van der Waals surface area contributed by atoms with E-state index in [0.717, 1.165) is 16.7 Å². The Balaban J connectivity index is 1.71. The van der Waals surface area contributed by atoms with Gasteiger partial charge >= 0.3 is 6.09 Å². The monoisotopic (exact) mass is 362 g/mol. The summed E-state index contributed by atoms with van der Waals surface area (Å²) in [6, 6.07) is 12.7. The molecule has 0 fully saturated rings. The lowest BCUT2D eigenvalue weighted by Gasteiger charge is -2.11. The van der Waals surface area contributed by atoms with Gasteiger partial charge < -0.3 is 9.47 Å². The molecule has 0 heterocycles. The normalized spacial score (nSPS) is 10.0. The van der Waals surface area contributed by atoms with E-state index in [1.807, 2.05) is 44.2 Å².